The topological polar surface area (TPSA) is 58.6 Å². The number of amides is 1. The molecule has 1 fully saturated rings. The third-order valence-corrected chi connectivity index (χ3v) is 4.11. The van der Waals surface area contributed by atoms with Gasteiger partial charge in [0.15, 0.2) is 0 Å². The lowest BCUT2D eigenvalue weighted by Gasteiger charge is -2.13. The van der Waals surface area contributed by atoms with Gasteiger partial charge in [-0.05, 0) is 43.0 Å². The molecule has 0 bridgehead atoms. The fourth-order valence-corrected chi connectivity index (χ4v) is 2.57. The highest BCUT2D eigenvalue weighted by Gasteiger charge is 2.29. The molecule has 2 unspecified atom stereocenters. The number of hydrogen-bond acceptors (Lipinski definition) is 3. The number of carbonyl (C=O) groups excluding carboxylic acids is 1. The number of halogens is 1. The quantitative estimate of drug-likeness (QED) is 0.894. The normalized spacial score (nSPS) is 22.5. The van der Waals surface area contributed by atoms with Gasteiger partial charge in [0.2, 0.25) is 0 Å². The number of benzene rings is 1. The first kappa shape index (κ1) is 14.5. The van der Waals surface area contributed by atoms with Crippen molar-refractivity contribution in [3.05, 3.63) is 28.2 Å². The second-order valence-electron chi connectivity index (χ2n) is 4.69. The van der Waals surface area contributed by atoms with Crippen LogP contribution in [0.1, 0.15) is 31.7 Å². The number of aliphatic hydroxyl groups is 1. The molecule has 1 aliphatic rings. The number of anilines is 1. The fourth-order valence-electron chi connectivity index (χ4n) is 2.20. The van der Waals surface area contributed by atoms with Crippen molar-refractivity contribution in [2.24, 2.45) is 0 Å². The van der Waals surface area contributed by atoms with Crippen LogP contribution in [0.2, 0.25) is 0 Å². The van der Waals surface area contributed by atoms with E-state index in [4.69, 9.17) is 4.74 Å². The smallest absolute Gasteiger partial charge is 0.253 e. The molecule has 0 aliphatic carbocycles. The molecule has 104 valence electrons. The van der Waals surface area contributed by atoms with E-state index >= 15 is 0 Å². The summed E-state index contributed by atoms with van der Waals surface area (Å²) in [6, 6.07) is 5.37. The number of rotatable bonds is 4. The van der Waals surface area contributed by atoms with Crippen LogP contribution >= 0.6 is 15.9 Å². The minimum atomic E-state index is -0.355. The standard InChI is InChI=1S/C14H18BrNO3/c1-2-11-4-6-13(19-11)14(18)16-10-3-5-12(15)9(7-10)8-17/h3,5,7,11,13,17H,2,4,6,8H2,1H3,(H,16,18). The molecule has 2 N–H and O–H groups in total. The van der Waals surface area contributed by atoms with Crippen LogP contribution in [0.5, 0.6) is 0 Å². The molecule has 0 spiro atoms. The summed E-state index contributed by atoms with van der Waals surface area (Å²) in [6.07, 6.45) is 2.50. The minimum Gasteiger partial charge on any atom is -0.392 e. The highest BCUT2D eigenvalue weighted by Crippen LogP contribution is 2.25. The molecule has 0 aromatic heterocycles. The number of aliphatic hydroxyl groups excluding tert-OH is 1. The number of hydrogen-bond donors (Lipinski definition) is 2. The summed E-state index contributed by atoms with van der Waals surface area (Å²) >= 11 is 3.34. The maximum Gasteiger partial charge on any atom is 0.253 e. The van der Waals surface area contributed by atoms with E-state index in [0.29, 0.717) is 5.69 Å². The van der Waals surface area contributed by atoms with Gasteiger partial charge in [-0.2, -0.15) is 0 Å². The molecule has 1 aromatic carbocycles. The summed E-state index contributed by atoms with van der Waals surface area (Å²) in [5.74, 6) is -0.109. The van der Waals surface area contributed by atoms with Crippen LogP contribution in [-0.4, -0.2) is 23.2 Å². The second kappa shape index (κ2) is 6.50. The Morgan fingerprint density at radius 3 is 2.95 bits per heavy atom. The van der Waals surface area contributed by atoms with E-state index in [1.54, 1.807) is 12.1 Å². The Kier molecular flexibility index (Phi) is 4.96. The maximum atomic E-state index is 12.1. The number of ether oxygens (including phenoxy) is 1. The highest BCUT2D eigenvalue weighted by atomic mass is 79.9. The SMILES string of the molecule is CCC1CCC(C(=O)Nc2ccc(Br)c(CO)c2)O1. The van der Waals surface area contributed by atoms with Gasteiger partial charge in [0, 0.05) is 10.2 Å². The minimum absolute atomic E-state index is 0.0673. The van der Waals surface area contributed by atoms with E-state index in [2.05, 4.69) is 28.2 Å². The zero-order chi connectivity index (χ0) is 13.8. The molecule has 1 saturated heterocycles. The third kappa shape index (κ3) is 3.55. The lowest BCUT2D eigenvalue weighted by Crippen LogP contribution is -2.28. The first-order valence-corrected chi connectivity index (χ1v) is 7.29. The van der Waals surface area contributed by atoms with Gasteiger partial charge < -0.3 is 15.2 Å². The van der Waals surface area contributed by atoms with Gasteiger partial charge in [-0.25, -0.2) is 0 Å². The van der Waals surface area contributed by atoms with Gasteiger partial charge in [0.25, 0.3) is 5.91 Å². The molecule has 1 aliphatic heterocycles. The predicted octanol–water partition coefficient (Wildman–Crippen LogP) is 2.84. The third-order valence-electron chi connectivity index (χ3n) is 3.34. The van der Waals surface area contributed by atoms with E-state index in [1.165, 1.54) is 0 Å². The lowest BCUT2D eigenvalue weighted by molar-refractivity contribution is -0.126. The Labute approximate surface area is 121 Å². The van der Waals surface area contributed by atoms with E-state index < -0.39 is 0 Å². The summed E-state index contributed by atoms with van der Waals surface area (Å²) in [5.41, 5.74) is 1.43. The molecule has 0 radical (unpaired) electrons. The number of nitrogens with one attached hydrogen (secondary N) is 1. The van der Waals surface area contributed by atoms with Gasteiger partial charge in [-0.15, -0.1) is 0 Å². The summed E-state index contributed by atoms with van der Waals surface area (Å²) in [5, 5.41) is 12.0. The van der Waals surface area contributed by atoms with Crippen LogP contribution in [0.15, 0.2) is 22.7 Å². The van der Waals surface area contributed by atoms with Gasteiger partial charge in [-0.3, -0.25) is 4.79 Å². The molecule has 0 saturated carbocycles. The van der Waals surface area contributed by atoms with Crippen molar-refractivity contribution in [3.63, 3.8) is 0 Å². The summed E-state index contributed by atoms with van der Waals surface area (Å²) in [7, 11) is 0. The average molecular weight is 328 g/mol. The zero-order valence-electron chi connectivity index (χ0n) is 10.9. The molecule has 1 amide bonds. The molecule has 1 aromatic rings. The Bertz CT molecular complexity index is 464. The Morgan fingerprint density at radius 1 is 1.53 bits per heavy atom. The highest BCUT2D eigenvalue weighted by molar-refractivity contribution is 9.10. The summed E-state index contributed by atoms with van der Waals surface area (Å²) in [4.78, 5) is 12.1. The van der Waals surface area contributed by atoms with Crippen LogP contribution < -0.4 is 5.32 Å². The monoisotopic (exact) mass is 327 g/mol. The van der Waals surface area contributed by atoms with Crippen LogP contribution in [0.3, 0.4) is 0 Å². The Morgan fingerprint density at radius 2 is 2.32 bits per heavy atom. The van der Waals surface area contributed by atoms with Gasteiger partial charge >= 0.3 is 0 Å². The van der Waals surface area contributed by atoms with Crippen molar-refractivity contribution >= 4 is 27.5 Å². The van der Waals surface area contributed by atoms with Crippen molar-refractivity contribution in [1.29, 1.82) is 0 Å². The largest absolute Gasteiger partial charge is 0.392 e. The van der Waals surface area contributed by atoms with Crippen molar-refractivity contribution < 1.29 is 14.6 Å². The van der Waals surface area contributed by atoms with Gasteiger partial charge in [0.05, 0.1) is 12.7 Å². The molecular formula is C14H18BrNO3. The van der Waals surface area contributed by atoms with E-state index in [0.717, 1.165) is 29.3 Å². The molecule has 4 nitrogen and oxygen atoms in total. The Balaban J connectivity index is 1.99. The van der Waals surface area contributed by atoms with Crippen LogP contribution in [0.4, 0.5) is 5.69 Å². The van der Waals surface area contributed by atoms with Crippen molar-refractivity contribution in [2.45, 2.75) is 45.0 Å². The first-order chi connectivity index (χ1) is 9.13. The van der Waals surface area contributed by atoms with Crippen LogP contribution in [-0.2, 0) is 16.1 Å². The van der Waals surface area contributed by atoms with E-state index in [-0.39, 0.29) is 24.7 Å². The van der Waals surface area contributed by atoms with Crippen molar-refractivity contribution in [2.75, 3.05) is 5.32 Å². The number of carbonyl (C=O) groups is 1. The van der Waals surface area contributed by atoms with Crippen molar-refractivity contribution in [1.82, 2.24) is 0 Å². The van der Waals surface area contributed by atoms with Crippen LogP contribution in [0.25, 0.3) is 0 Å². The summed E-state index contributed by atoms with van der Waals surface area (Å²) in [6.45, 7) is 2.00. The fraction of sp³-hybridized carbons (Fsp3) is 0.500. The average Bonchev–Trinajstić information content (AvgIpc) is 2.90. The lowest BCUT2D eigenvalue weighted by atomic mass is 10.1. The van der Waals surface area contributed by atoms with Crippen LogP contribution in [0, 0.1) is 0 Å². The first-order valence-electron chi connectivity index (χ1n) is 6.49. The predicted molar refractivity (Wildman–Crippen MR) is 76.9 cm³/mol. The van der Waals surface area contributed by atoms with Crippen molar-refractivity contribution in [3.8, 4) is 0 Å². The molecule has 5 heteroatoms. The van der Waals surface area contributed by atoms with E-state index in [1.807, 2.05) is 6.07 Å². The molecule has 19 heavy (non-hydrogen) atoms. The Hall–Kier alpha value is -0.910. The van der Waals surface area contributed by atoms with E-state index in [9.17, 15) is 9.90 Å². The van der Waals surface area contributed by atoms with Gasteiger partial charge in [0.1, 0.15) is 6.10 Å². The molecule has 2 atom stereocenters. The molecule has 2 rings (SSSR count). The van der Waals surface area contributed by atoms with Gasteiger partial charge in [-0.1, -0.05) is 22.9 Å². The molecule has 1 heterocycles. The second-order valence-corrected chi connectivity index (χ2v) is 5.54. The molecular weight excluding hydrogens is 310 g/mol. The zero-order valence-corrected chi connectivity index (χ0v) is 12.4. The maximum absolute atomic E-state index is 12.1. The summed E-state index contributed by atoms with van der Waals surface area (Å²) < 4.78 is 6.48.